The van der Waals surface area contributed by atoms with Crippen LogP contribution in [0.5, 0.6) is 5.75 Å². The highest BCUT2D eigenvalue weighted by atomic mass is 16.5. The van der Waals surface area contributed by atoms with E-state index in [0.29, 0.717) is 11.5 Å². The van der Waals surface area contributed by atoms with Gasteiger partial charge in [-0.3, -0.25) is 0 Å². The molecule has 0 saturated heterocycles. The summed E-state index contributed by atoms with van der Waals surface area (Å²) in [4.78, 5) is 11.2. The summed E-state index contributed by atoms with van der Waals surface area (Å²) in [5.41, 5.74) is 0.685. The van der Waals surface area contributed by atoms with Gasteiger partial charge in [0.25, 0.3) is 0 Å². The maximum Gasteiger partial charge on any atom is 0.339 e. The molecule has 0 unspecified atom stereocenters. The predicted octanol–water partition coefficient (Wildman–Crippen LogP) is 3.38. The molecule has 2 rings (SSSR count). The third kappa shape index (κ3) is 4.00. The monoisotopic (exact) mass is 254 g/mol. The molecule has 0 amide bonds. The van der Waals surface area contributed by atoms with Crippen molar-refractivity contribution in [1.82, 2.24) is 0 Å². The van der Waals surface area contributed by atoms with Crippen LogP contribution in [0.1, 0.15) is 11.3 Å². The van der Waals surface area contributed by atoms with Crippen LogP contribution in [0.15, 0.2) is 63.8 Å². The summed E-state index contributed by atoms with van der Waals surface area (Å²) in [6.45, 7) is 0. The number of allylic oxidation sites excluding steroid dienone is 2. The Hall–Kier alpha value is -2.55. The van der Waals surface area contributed by atoms with E-state index < -0.39 is 5.63 Å². The highest BCUT2D eigenvalue weighted by molar-refractivity contribution is 5.55. The third-order valence-corrected chi connectivity index (χ3v) is 2.46. The Kier molecular flexibility index (Phi) is 4.34. The van der Waals surface area contributed by atoms with Crippen LogP contribution < -0.4 is 10.4 Å². The SMILES string of the molecule is COc1cc(/C=C/C=C\c2ccccc2)oc(=O)c1. The summed E-state index contributed by atoms with van der Waals surface area (Å²) in [7, 11) is 1.51. The van der Waals surface area contributed by atoms with E-state index in [9.17, 15) is 4.79 Å². The van der Waals surface area contributed by atoms with E-state index in [1.54, 1.807) is 12.1 Å². The van der Waals surface area contributed by atoms with Gasteiger partial charge in [-0.2, -0.15) is 0 Å². The molecule has 1 aromatic heterocycles. The lowest BCUT2D eigenvalue weighted by Gasteiger charge is -1.98. The number of ether oxygens (including phenoxy) is 1. The average Bonchev–Trinajstić information content (AvgIpc) is 2.44. The first-order valence-corrected chi connectivity index (χ1v) is 5.87. The normalized spacial score (nSPS) is 11.2. The Morgan fingerprint density at radius 2 is 1.79 bits per heavy atom. The van der Waals surface area contributed by atoms with Gasteiger partial charge in [-0.25, -0.2) is 4.79 Å². The molecule has 0 spiro atoms. The van der Waals surface area contributed by atoms with E-state index >= 15 is 0 Å². The van der Waals surface area contributed by atoms with Gasteiger partial charge in [0, 0.05) is 6.07 Å². The quantitative estimate of drug-likeness (QED) is 0.785. The molecule has 1 aromatic carbocycles. The van der Waals surface area contributed by atoms with Gasteiger partial charge >= 0.3 is 5.63 Å². The van der Waals surface area contributed by atoms with Crippen LogP contribution in [0.2, 0.25) is 0 Å². The molecular formula is C16H14O3. The van der Waals surface area contributed by atoms with Crippen molar-refractivity contribution in [2.45, 2.75) is 0 Å². The first kappa shape index (κ1) is 12.9. The van der Waals surface area contributed by atoms with E-state index in [0.717, 1.165) is 5.56 Å². The van der Waals surface area contributed by atoms with Gasteiger partial charge < -0.3 is 9.15 Å². The fraction of sp³-hybridized carbons (Fsp3) is 0.0625. The van der Waals surface area contributed by atoms with Crippen LogP contribution in [0.4, 0.5) is 0 Å². The van der Waals surface area contributed by atoms with E-state index in [-0.39, 0.29) is 0 Å². The molecule has 1 heterocycles. The zero-order chi connectivity index (χ0) is 13.5. The molecule has 0 saturated carbocycles. The van der Waals surface area contributed by atoms with E-state index in [1.807, 2.05) is 48.6 Å². The Balaban J connectivity index is 2.09. The summed E-state index contributed by atoms with van der Waals surface area (Å²) >= 11 is 0. The van der Waals surface area contributed by atoms with Crippen molar-refractivity contribution in [3.8, 4) is 5.75 Å². The Morgan fingerprint density at radius 1 is 1.05 bits per heavy atom. The molecule has 0 aliphatic heterocycles. The van der Waals surface area contributed by atoms with Gasteiger partial charge in [-0.15, -0.1) is 0 Å². The molecule has 19 heavy (non-hydrogen) atoms. The van der Waals surface area contributed by atoms with Crippen molar-refractivity contribution in [3.63, 3.8) is 0 Å². The smallest absolute Gasteiger partial charge is 0.339 e. The summed E-state index contributed by atoms with van der Waals surface area (Å²) in [6.07, 6.45) is 7.37. The number of rotatable bonds is 4. The van der Waals surface area contributed by atoms with Crippen LogP contribution in [0.3, 0.4) is 0 Å². The lowest BCUT2D eigenvalue weighted by Crippen LogP contribution is -1.98. The second-order valence-corrected chi connectivity index (χ2v) is 3.85. The van der Waals surface area contributed by atoms with Gasteiger partial charge in [-0.1, -0.05) is 48.6 Å². The minimum Gasteiger partial charge on any atom is -0.496 e. The highest BCUT2D eigenvalue weighted by Gasteiger charge is 1.97. The van der Waals surface area contributed by atoms with Crippen LogP contribution in [-0.4, -0.2) is 7.11 Å². The van der Waals surface area contributed by atoms with Gasteiger partial charge in [0.2, 0.25) is 0 Å². The Bertz CT molecular complexity index is 637. The largest absolute Gasteiger partial charge is 0.496 e. The Labute approximate surface area is 111 Å². The van der Waals surface area contributed by atoms with Gasteiger partial charge in [-0.05, 0) is 11.6 Å². The summed E-state index contributed by atoms with van der Waals surface area (Å²) < 4.78 is 10.0. The van der Waals surface area contributed by atoms with Crippen molar-refractivity contribution >= 4 is 12.2 Å². The fourth-order valence-electron chi connectivity index (χ4n) is 1.55. The average molecular weight is 254 g/mol. The molecule has 2 aromatic rings. The molecule has 0 bridgehead atoms. The van der Waals surface area contributed by atoms with Crippen molar-refractivity contribution in [3.05, 3.63) is 76.4 Å². The Morgan fingerprint density at radius 3 is 2.53 bits per heavy atom. The summed E-state index contributed by atoms with van der Waals surface area (Å²) in [5, 5.41) is 0. The highest BCUT2D eigenvalue weighted by Crippen LogP contribution is 2.11. The molecule has 0 fully saturated rings. The predicted molar refractivity (Wildman–Crippen MR) is 76.0 cm³/mol. The number of hydrogen-bond donors (Lipinski definition) is 0. The molecule has 96 valence electrons. The zero-order valence-corrected chi connectivity index (χ0v) is 10.6. The lowest BCUT2D eigenvalue weighted by molar-refractivity contribution is 0.400. The van der Waals surface area contributed by atoms with E-state index in [1.165, 1.54) is 13.2 Å². The van der Waals surface area contributed by atoms with Crippen LogP contribution in [0, 0.1) is 0 Å². The van der Waals surface area contributed by atoms with Crippen LogP contribution in [0.25, 0.3) is 12.2 Å². The van der Waals surface area contributed by atoms with Gasteiger partial charge in [0.15, 0.2) is 0 Å². The van der Waals surface area contributed by atoms with E-state index in [2.05, 4.69) is 0 Å². The first-order chi connectivity index (χ1) is 9.28. The van der Waals surface area contributed by atoms with Crippen LogP contribution >= 0.6 is 0 Å². The van der Waals surface area contributed by atoms with Gasteiger partial charge in [0.1, 0.15) is 11.5 Å². The minimum atomic E-state index is -0.425. The maximum absolute atomic E-state index is 11.2. The second kappa shape index (κ2) is 6.40. The number of methoxy groups -OCH3 is 1. The second-order valence-electron chi connectivity index (χ2n) is 3.85. The molecule has 0 N–H and O–H groups in total. The lowest BCUT2D eigenvalue weighted by atomic mass is 10.2. The number of hydrogen-bond acceptors (Lipinski definition) is 3. The van der Waals surface area contributed by atoms with Crippen molar-refractivity contribution in [2.24, 2.45) is 0 Å². The van der Waals surface area contributed by atoms with Crippen molar-refractivity contribution < 1.29 is 9.15 Å². The van der Waals surface area contributed by atoms with Crippen molar-refractivity contribution in [1.29, 1.82) is 0 Å². The molecule has 0 atom stereocenters. The van der Waals surface area contributed by atoms with E-state index in [4.69, 9.17) is 9.15 Å². The first-order valence-electron chi connectivity index (χ1n) is 5.87. The van der Waals surface area contributed by atoms with Crippen LogP contribution in [-0.2, 0) is 0 Å². The zero-order valence-electron chi connectivity index (χ0n) is 10.6. The molecular weight excluding hydrogens is 240 g/mol. The summed E-state index contributed by atoms with van der Waals surface area (Å²) in [5.74, 6) is 0.949. The maximum atomic E-state index is 11.2. The molecule has 3 nitrogen and oxygen atoms in total. The fourth-order valence-corrected chi connectivity index (χ4v) is 1.55. The summed E-state index contributed by atoms with van der Waals surface area (Å²) in [6, 6.07) is 12.9. The van der Waals surface area contributed by atoms with Gasteiger partial charge in [0.05, 0.1) is 13.2 Å². The topological polar surface area (TPSA) is 39.4 Å². The molecule has 3 heteroatoms. The standard InChI is InChI=1S/C16H14O3/c1-18-15-11-14(19-16(17)12-15)10-6-5-9-13-7-3-2-4-8-13/h2-12H,1H3/b9-5-,10-6+. The third-order valence-electron chi connectivity index (χ3n) is 2.46. The molecule has 0 aliphatic carbocycles. The minimum absolute atomic E-state index is 0.425. The van der Waals surface area contributed by atoms with Crippen molar-refractivity contribution in [2.75, 3.05) is 7.11 Å². The number of benzene rings is 1. The molecule has 0 radical (unpaired) electrons. The molecule has 0 aliphatic rings.